The minimum absolute atomic E-state index is 0.244. The molecule has 2 heterocycles. The average molecular weight is 394 g/mol. The fourth-order valence-corrected chi connectivity index (χ4v) is 3.68. The number of ether oxygens (including phenoxy) is 1. The number of carbonyl (C=O) groups is 3. The normalized spacial score (nSPS) is 21.2. The standard InChI is InChI=1S/C21H22N4O4/c1-29-16-6-4-5-15(13-16)23-9-11-24(12-10-23)19(26)14-25-20(27)17-7-2-3-8-18(17)22-21(25)28/h2-8,13,17H,9-12,14H2,1H3. The second-order valence-corrected chi connectivity index (χ2v) is 7.03. The number of methoxy groups -OCH3 is 1. The topological polar surface area (TPSA) is 82.5 Å². The predicted octanol–water partition coefficient (Wildman–Crippen LogP) is 1.49. The maximum Gasteiger partial charge on any atom is 0.351 e. The Bertz CT molecular complexity index is 928. The number of allylic oxidation sites excluding steroid dienone is 3. The number of carbonyl (C=O) groups excluding carboxylic acids is 3. The lowest BCUT2D eigenvalue weighted by atomic mass is 9.95. The lowest BCUT2D eigenvalue weighted by Crippen LogP contribution is -2.54. The molecule has 0 saturated carbocycles. The third-order valence-corrected chi connectivity index (χ3v) is 5.33. The van der Waals surface area contributed by atoms with E-state index in [-0.39, 0.29) is 12.5 Å². The molecule has 1 aliphatic carbocycles. The van der Waals surface area contributed by atoms with E-state index >= 15 is 0 Å². The summed E-state index contributed by atoms with van der Waals surface area (Å²) >= 11 is 0. The number of urea groups is 1. The van der Waals surface area contributed by atoms with Gasteiger partial charge in [-0.15, -0.1) is 0 Å². The Kier molecular flexibility index (Phi) is 5.16. The average Bonchev–Trinajstić information content (AvgIpc) is 2.76. The van der Waals surface area contributed by atoms with Crippen molar-refractivity contribution in [2.45, 2.75) is 0 Å². The number of anilines is 1. The van der Waals surface area contributed by atoms with Gasteiger partial charge < -0.3 is 14.5 Å². The zero-order valence-corrected chi connectivity index (χ0v) is 16.2. The molecule has 8 nitrogen and oxygen atoms in total. The fourth-order valence-electron chi connectivity index (χ4n) is 3.68. The molecule has 4 rings (SSSR count). The van der Waals surface area contributed by atoms with E-state index in [1.807, 2.05) is 24.3 Å². The van der Waals surface area contributed by atoms with E-state index in [0.29, 0.717) is 31.9 Å². The first-order valence-electron chi connectivity index (χ1n) is 9.52. The van der Waals surface area contributed by atoms with Crippen LogP contribution in [0.2, 0.25) is 0 Å². The molecule has 1 fully saturated rings. The smallest absolute Gasteiger partial charge is 0.351 e. The minimum Gasteiger partial charge on any atom is -0.497 e. The van der Waals surface area contributed by atoms with Gasteiger partial charge in [0.2, 0.25) is 11.8 Å². The first kappa shape index (κ1) is 18.9. The second-order valence-electron chi connectivity index (χ2n) is 7.03. The molecule has 4 amide bonds. The van der Waals surface area contributed by atoms with Gasteiger partial charge in [0.05, 0.1) is 18.7 Å². The summed E-state index contributed by atoms with van der Waals surface area (Å²) in [5.74, 6) is -0.444. The van der Waals surface area contributed by atoms with Crippen molar-refractivity contribution in [2.75, 3.05) is 44.7 Å². The van der Waals surface area contributed by atoms with Crippen LogP contribution in [0.1, 0.15) is 0 Å². The van der Waals surface area contributed by atoms with Gasteiger partial charge in [-0.3, -0.25) is 14.5 Å². The first-order chi connectivity index (χ1) is 14.1. The summed E-state index contributed by atoms with van der Waals surface area (Å²) in [6.45, 7) is 2.10. The summed E-state index contributed by atoms with van der Waals surface area (Å²) in [6, 6.07) is 7.12. The van der Waals surface area contributed by atoms with E-state index in [2.05, 4.69) is 9.89 Å². The van der Waals surface area contributed by atoms with Crippen LogP contribution in [0.4, 0.5) is 10.5 Å². The highest BCUT2D eigenvalue weighted by atomic mass is 16.5. The van der Waals surface area contributed by atoms with E-state index in [1.165, 1.54) is 0 Å². The Labute approximate surface area is 168 Å². The number of benzene rings is 1. The van der Waals surface area contributed by atoms with E-state index < -0.39 is 17.9 Å². The van der Waals surface area contributed by atoms with Gasteiger partial charge in [-0.2, -0.15) is 4.99 Å². The number of amides is 4. The molecule has 1 aromatic rings. The van der Waals surface area contributed by atoms with Crippen molar-refractivity contribution in [2.24, 2.45) is 10.9 Å². The maximum atomic E-state index is 12.7. The summed E-state index contributed by atoms with van der Waals surface area (Å²) in [6.07, 6.45) is 6.82. The van der Waals surface area contributed by atoms with Crippen LogP contribution >= 0.6 is 0 Å². The number of nitrogens with zero attached hydrogens (tertiary/aromatic N) is 4. The highest BCUT2D eigenvalue weighted by Crippen LogP contribution is 2.23. The molecule has 0 N–H and O–H groups in total. The molecule has 1 saturated heterocycles. The SMILES string of the molecule is COc1cccc(N2CCN(C(=O)CN3C(=O)N=C4C=CC=CC4C3=O)CC2)c1. The lowest BCUT2D eigenvalue weighted by Gasteiger charge is -2.37. The van der Waals surface area contributed by atoms with Crippen molar-refractivity contribution in [3.05, 3.63) is 48.6 Å². The number of rotatable bonds is 4. The van der Waals surface area contributed by atoms with Crippen molar-refractivity contribution < 1.29 is 19.1 Å². The van der Waals surface area contributed by atoms with E-state index in [9.17, 15) is 14.4 Å². The molecule has 3 aliphatic rings. The number of fused-ring (bicyclic) bond motifs is 1. The third-order valence-electron chi connectivity index (χ3n) is 5.33. The molecule has 8 heteroatoms. The third kappa shape index (κ3) is 3.78. The number of hydrogen-bond acceptors (Lipinski definition) is 5. The Balaban J connectivity index is 1.37. The van der Waals surface area contributed by atoms with Crippen LogP contribution in [0.5, 0.6) is 5.75 Å². The van der Waals surface area contributed by atoms with Crippen LogP contribution < -0.4 is 9.64 Å². The van der Waals surface area contributed by atoms with E-state index in [1.54, 1.807) is 36.3 Å². The Morgan fingerprint density at radius 2 is 1.97 bits per heavy atom. The van der Waals surface area contributed by atoms with Crippen molar-refractivity contribution in [1.82, 2.24) is 9.80 Å². The summed E-state index contributed by atoms with van der Waals surface area (Å²) in [7, 11) is 1.63. The van der Waals surface area contributed by atoms with Crippen LogP contribution in [0.3, 0.4) is 0 Å². The highest BCUT2D eigenvalue weighted by molar-refractivity contribution is 6.22. The lowest BCUT2D eigenvalue weighted by molar-refractivity contribution is -0.138. The van der Waals surface area contributed by atoms with Crippen molar-refractivity contribution in [1.29, 1.82) is 0 Å². The fraction of sp³-hybridized carbons (Fsp3) is 0.333. The van der Waals surface area contributed by atoms with Crippen LogP contribution in [0.15, 0.2) is 53.6 Å². The highest BCUT2D eigenvalue weighted by Gasteiger charge is 2.37. The van der Waals surface area contributed by atoms with Gasteiger partial charge in [-0.25, -0.2) is 4.79 Å². The predicted molar refractivity (Wildman–Crippen MR) is 108 cm³/mol. The van der Waals surface area contributed by atoms with Crippen LogP contribution in [0, 0.1) is 5.92 Å². The molecular weight excluding hydrogens is 372 g/mol. The molecule has 29 heavy (non-hydrogen) atoms. The van der Waals surface area contributed by atoms with Crippen molar-refractivity contribution in [3.63, 3.8) is 0 Å². The zero-order valence-electron chi connectivity index (χ0n) is 16.2. The van der Waals surface area contributed by atoms with Crippen LogP contribution in [-0.2, 0) is 9.59 Å². The monoisotopic (exact) mass is 394 g/mol. The zero-order chi connectivity index (χ0) is 20.4. The summed E-state index contributed by atoms with van der Waals surface area (Å²) in [5, 5.41) is 0. The van der Waals surface area contributed by atoms with Gasteiger partial charge in [0, 0.05) is 37.9 Å². The summed E-state index contributed by atoms with van der Waals surface area (Å²) in [5.41, 5.74) is 1.47. The van der Waals surface area contributed by atoms with Gasteiger partial charge in [-0.1, -0.05) is 24.3 Å². The first-order valence-corrected chi connectivity index (χ1v) is 9.52. The Hall–Kier alpha value is -3.42. The van der Waals surface area contributed by atoms with Crippen molar-refractivity contribution in [3.8, 4) is 5.75 Å². The molecule has 1 atom stereocenters. The van der Waals surface area contributed by atoms with Gasteiger partial charge in [-0.05, 0) is 18.2 Å². The molecule has 0 bridgehead atoms. The summed E-state index contributed by atoms with van der Waals surface area (Å²) in [4.78, 5) is 46.4. The number of piperazine rings is 1. The summed E-state index contributed by atoms with van der Waals surface area (Å²) < 4.78 is 5.27. The molecule has 1 unspecified atom stereocenters. The van der Waals surface area contributed by atoms with Gasteiger partial charge in [0.1, 0.15) is 12.3 Å². The van der Waals surface area contributed by atoms with Gasteiger partial charge in [0.25, 0.3) is 0 Å². The molecule has 2 aliphatic heterocycles. The molecular formula is C21H22N4O4. The molecule has 1 aromatic carbocycles. The second kappa shape index (κ2) is 7.90. The Morgan fingerprint density at radius 3 is 2.72 bits per heavy atom. The van der Waals surface area contributed by atoms with Crippen LogP contribution in [-0.4, -0.2) is 73.2 Å². The largest absolute Gasteiger partial charge is 0.497 e. The molecule has 150 valence electrons. The molecule has 0 radical (unpaired) electrons. The van der Waals surface area contributed by atoms with Crippen LogP contribution in [0.25, 0.3) is 0 Å². The van der Waals surface area contributed by atoms with E-state index in [0.717, 1.165) is 16.3 Å². The molecule has 0 aromatic heterocycles. The van der Waals surface area contributed by atoms with Gasteiger partial charge >= 0.3 is 6.03 Å². The Morgan fingerprint density at radius 1 is 1.17 bits per heavy atom. The number of hydrogen-bond donors (Lipinski definition) is 0. The number of imide groups is 1. The number of aliphatic imine (C=N–C) groups is 1. The minimum atomic E-state index is -0.676. The maximum absolute atomic E-state index is 12.7. The van der Waals surface area contributed by atoms with E-state index in [4.69, 9.17) is 4.74 Å². The van der Waals surface area contributed by atoms with Crippen molar-refractivity contribution >= 4 is 29.2 Å². The molecule has 0 spiro atoms. The van der Waals surface area contributed by atoms with Gasteiger partial charge in [0.15, 0.2) is 0 Å². The quantitative estimate of drug-likeness (QED) is 0.773.